The molecule has 0 aromatic carbocycles. The zero-order chi connectivity index (χ0) is 13.1. The molecule has 2 rings (SSSR count). The van der Waals surface area contributed by atoms with E-state index in [4.69, 9.17) is 10.5 Å². The van der Waals surface area contributed by atoms with Crippen LogP contribution >= 0.6 is 27.3 Å². The van der Waals surface area contributed by atoms with Gasteiger partial charge in [0.05, 0.1) is 9.89 Å². The van der Waals surface area contributed by atoms with Gasteiger partial charge in [-0.05, 0) is 66.6 Å². The quantitative estimate of drug-likeness (QED) is 0.881. The van der Waals surface area contributed by atoms with Gasteiger partial charge in [0.1, 0.15) is 6.10 Å². The van der Waals surface area contributed by atoms with Gasteiger partial charge < -0.3 is 10.5 Å². The molecule has 0 radical (unpaired) electrons. The minimum atomic E-state index is 0.0369. The molecule has 1 fully saturated rings. The van der Waals surface area contributed by atoms with Gasteiger partial charge in [0, 0.05) is 10.9 Å². The molecule has 18 heavy (non-hydrogen) atoms. The molecule has 1 aromatic rings. The van der Waals surface area contributed by atoms with E-state index in [1.54, 1.807) is 11.3 Å². The van der Waals surface area contributed by atoms with Crippen molar-refractivity contribution in [3.8, 4) is 0 Å². The summed E-state index contributed by atoms with van der Waals surface area (Å²) in [6, 6.07) is 4.23. The zero-order valence-corrected chi connectivity index (χ0v) is 13.5. The van der Waals surface area contributed by atoms with Gasteiger partial charge in [-0.15, -0.1) is 11.3 Å². The lowest BCUT2D eigenvalue weighted by Crippen LogP contribution is -2.31. The molecule has 1 saturated carbocycles. The van der Waals surface area contributed by atoms with E-state index in [1.165, 1.54) is 30.6 Å². The van der Waals surface area contributed by atoms with Crippen LogP contribution in [0.5, 0.6) is 0 Å². The van der Waals surface area contributed by atoms with Crippen molar-refractivity contribution in [3.63, 3.8) is 0 Å². The minimum absolute atomic E-state index is 0.0369. The molecule has 2 atom stereocenters. The Morgan fingerprint density at radius 1 is 1.33 bits per heavy atom. The van der Waals surface area contributed by atoms with Crippen LogP contribution < -0.4 is 5.73 Å². The van der Waals surface area contributed by atoms with Gasteiger partial charge in [-0.25, -0.2) is 0 Å². The summed E-state index contributed by atoms with van der Waals surface area (Å²) in [6.07, 6.45) is 5.35. The average Bonchev–Trinajstić information content (AvgIpc) is 2.74. The van der Waals surface area contributed by atoms with E-state index < -0.39 is 0 Å². The summed E-state index contributed by atoms with van der Waals surface area (Å²) in [7, 11) is 0. The molecular weight excluding hydrogens is 310 g/mol. The van der Waals surface area contributed by atoms with E-state index in [-0.39, 0.29) is 12.1 Å². The predicted octanol–water partition coefficient (Wildman–Crippen LogP) is 4.49. The van der Waals surface area contributed by atoms with Gasteiger partial charge in [-0.1, -0.05) is 6.92 Å². The van der Waals surface area contributed by atoms with Crippen LogP contribution in [0.1, 0.15) is 50.5 Å². The summed E-state index contributed by atoms with van der Waals surface area (Å²) >= 11 is 5.23. The van der Waals surface area contributed by atoms with Gasteiger partial charge in [0.15, 0.2) is 0 Å². The van der Waals surface area contributed by atoms with Crippen LogP contribution in [0.15, 0.2) is 15.9 Å². The van der Waals surface area contributed by atoms with Crippen molar-refractivity contribution in [2.75, 3.05) is 0 Å². The third-order valence-electron chi connectivity index (χ3n) is 3.65. The van der Waals surface area contributed by atoms with Crippen LogP contribution in [-0.2, 0) is 4.74 Å². The SMILES string of the molecule is CC1CCC(OC(c2ccc(Br)s2)C(C)N)CC1. The highest BCUT2D eigenvalue weighted by atomic mass is 79.9. The molecule has 4 heteroatoms. The number of hydrogen-bond acceptors (Lipinski definition) is 3. The van der Waals surface area contributed by atoms with Crippen LogP contribution in [-0.4, -0.2) is 12.1 Å². The number of rotatable bonds is 4. The molecule has 0 amide bonds. The lowest BCUT2D eigenvalue weighted by atomic mass is 9.89. The van der Waals surface area contributed by atoms with E-state index in [0.717, 1.165) is 9.70 Å². The summed E-state index contributed by atoms with van der Waals surface area (Å²) < 4.78 is 7.41. The number of halogens is 1. The van der Waals surface area contributed by atoms with E-state index >= 15 is 0 Å². The third-order valence-corrected chi connectivity index (χ3v) is 5.34. The van der Waals surface area contributed by atoms with Gasteiger partial charge in [0.25, 0.3) is 0 Å². The van der Waals surface area contributed by atoms with Crippen LogP contribution in [0.25, 0.3) is 0 Å². The summed E-state index contributed by atoms with van der Waals surface area (Å²) in [5.74, 6) is 0.856. The summed E-state index contributed by atoms with van der Waals surface area (Å²) in [6.45, 7) is 4.36. The van der Waals surface area contributed by atoms with Crippen LogP contribution in [0.4, 0.5) is 0 Å². The Labute approximate surface area is 122 Å². The first-order valence-corrected chi connectivity index (χ1v) is 8.33. The Morgan fingerprint density at radius 2 is 2.00 bits per heavy atom. The Balaban J connectivity index is 1.99. The molecule has 1 heterocycles. The van der Waals surface area contributed by atoms with Crippen molar-refractivity contribution in [1.29, 1.82) is 0 Å². The van der Waals surface area contributed by atoms with Gasteiger partial charge >= 0.3 is 0 Å². The van der Waals surface area contributed by atoms with Crippen LogP contribution in [0, 0.1) is 5.92 Å². The number of hydrogen-bond donors (Lipinski definition) is 1. The molecule has 1 aromatic heterocycles. The first kappa shape index (κ1) is 14.5. The van der Waals surface area contributed by atoms with E-state index in [0.29, 0.717) is 6.10 Å². The van der Waals surface area contributed by atoms with Crippen LogP contribution in [0.3, 0.4) is 0 Å². The van der Waals surface area contributed by atoms with Crippen molar-refractivity contribution in [2.45, 2.75) is 57.8 Å². The fraction of sp³-hybridized carbons (Fsp3) is 0.714. The van der Waals surface area contributed by atoms with Crippen LogP contribution in [0.2, 0.25) is 0 Å². The van der Waals surface area contributed by atoms with Gasteiger partial charge in [-0.3, -0.25) is 0 Å². The van der Waals surface area contributed by atoms with Gasteiger partial charge in [-0.2, -0.15) is 0 Å². The highest BCUT2D eigenvalue weighted by molar-refractivity contribution is 9.11. The Bertz CT molecular complexity index is 372. The molecule has 0 saturated heterocycles. The molecule has 2 N–H and O–H groups in total. The highest BCUT2D eigenvalue weighted by Crippen LogP contribution is 2.35. The zero-order valence-electron chi connectivity index (χ0n) is 11.1. The molecule has 0 aliphatic heterocycles. The Kier molecular flexibility index (Phi) is 5.24. The fourth-order valence-electron chi connectivity index (χ4n) is 2.50. The lowest BCUT2D eigenvalue weighted by Gasteiger charge is -2.31. The molecule has 1 aliphatic carbocycles. The van der Waals surface area contributed by atoms with Crippen molar-refractivity contribution in [3.05, 3.63) is 20.8 Å². The maximum atomic E-state index is 6.27. The molecule has 102 valence electrons. The largest absolute Gasteiger partial charge is 0.368 e. The van der Waals surface area contributed by atoms with E-state index in [1.807, 2.05) is 6.92 Å². The third kappa shape index (κ3) is 3.80. The average molecular weight is 332 g/mol. The molecule has 0 bridgehead atoms. The first-order valence-electron chi connectivity index (χ1n) is 6.72. The second-order valence-electron chi connectivity index (χ2n) is 5.44. The number of nitrogens with two attached hydrogens (primary N) is 1. The fourth-order valence-corrected chi connectivity index (χ4v) is 4.08. The second-order valence-corrected chi connectivity index (χ2v) is 7.93. The van der Waals surface area contributed by atoms with Gasteiger partial charge in [0.2, 0.25) is 0 Å². The maximum absolute atomic E-state index is 6.27. The molecule has 0 spiro atoms. The second kappa shape index (κ2) is 6.51. The lowest BCUT2D eigenvalue weighted by molar-refractivity contribution is -0.0442. The standard InChI is InChI=1S/C14H22BrNOS/c1-9-3-5-11(6-4-9)17-14(10(2)16)12-7-8-13(15)18-12/h7-11,14H,3-6,16H2,1-2H3. The first-order chi connectivity index (χ1) is 8.56. The van der Waals surface area contributed by atoms with Crippen molar-refractivity contribution >= 4 is 27.3 Å². The van der Waals surface area contributed by atoms with E-state index in [2.05, 4.69) is 35.0 Å². The van der Waals surface area contributed by atoms with E-state index in [9.17, 15) is 0 Å². The molecule has 1 aliphatic rings. The minimum Gasteiger partial charge on any atom is -0.368 e. The highest BCUT2D eigenvalue weighted by Gasteiger charge is 2.26. The Morgan fingerprint density at radius 3 is 2.50 bits per heavy atom. The normalized spacial score (nSPS) is 28.0. The molecule has 2 unspecified atom stereocenters. The maximum Gasteiger partial charge on any atom is 0.107 e. The van der Waals surface area contributed by atoms with Crippen molar-refractivity contribution < 1.29 is 4.74 Å². The molecule has 2 nitrogen and oxygen atoms in total. The smallest absolute Gasteiger partial charge is 0.107 e. The summed E-state index contributed by atoms with van der Waals surface area (Å²) in [4.78, 5) is 1.23. The summed E-state index contributed by atoms with van der Waals surface area (Å²) in [5, 5.41) is 0. The van der Waals surface area contributed by atoms with Crippen molar-refractivity contribution in [2.24, 2.45) is 11.7 Å². The monoisotopic (exact) mass is 331 g/mol. The number of thiophene rings is 1. The predicted molar refractivity (Wildman–Crippen MR) is 80.9 cm³/mol. The number of ether oxygens (including phenoxy) is 1. The topological polar surface area (TPSA) is 35.2 Å². The molecular formula is C14H22BrNOS. The summed E-state index contributed by atoms with van der Waals surface area (Å²) in [5.41, 5.74) is 6.09. The van der Waals surface area contributed by atoms with Crippen molar-refractivity contribution in [1.82, 2.24) is 0 Å². The Hall–Kier alpha value is 0.1000.